The first kappa shape index (κ1) is 20.2. The molecule has 0 aliphatic rings. The fraction of sp³-hybridized carbons (Fsp3) is 0.381. The molecule has 0 aromatic heterocycles. The fourth-order valence-electron chi connectivity index (χ4n) is 2.68. The van der Waals surface area contributed by atoms with Crippen molar-refractivity contribution in [3.8, 4) is 0 Å². The smallest absolute Gasteiger partial charge is 0.235 e. The van der Waals surface area contributed by atoms with E-state index in [2.05, 4.69) is 5.32 Å². The average molecular weight is 374 g/mol. The number of amides is 1. The van der Waals surface area contributed by atoms with Crippen LogP contribution in [0.2, 0.25) is 0 Å². The standard InChI is InChI=1S/C21H27NO3S/c1-15(2)26(24,25)14-21(5,18-10-6-16(3)7-11-18)20(23)22-19-12-8-17(4)9-13-19/h6-13,15H,14H2,1-5H3,(H,22,23). The summed E-state index contributed by atoms with van der Waals surface area (Å²) in [5.41, 5.74) is 2.31. The lowest BCUT2D eigenvalue weighted by molar-refractivity contribution is -0.120. The summed E-state index contributed by atoms with van der Waals surface area (Å²) >= 11 is 0. The monoisotopic (exact) mass is 373 g/mol. The Hall–Kier alpha value is -2.14. The van der Waals surface area contributed by atoms with E-state index in [9.17, 15) is 13.2 Å². The second-order valence-corrected chi connectivity index (χ2v) is 9.93. The number of anilines is 1. The van der Waals surface area contributed by atoms with Crippen LogP contribution >= 0.6 is 0 Å². The highest BCUT2D eigenvalue weighted by Gasteiger charge is 2.40. The molecule has 0 spiro atoms. The van der Waals surface area contributed by atoms with Gasteiger partial charge in [-0.05, 0) is 52.3 Å². The number of rotatable bonds is 6. The van der Waals surface area contributed by atoms with Gasteiger partial charge in [-0.3, -0.25) is 4.79 Å². The summed E-state index contributed by atoms with van der Waals surface area (Å²) in [4.78, 5) is 13.1. The minimum Gasteiger partial charge on any atom is -0.325 e. The first-order valence-electron chi connectivity index (χ1n) is 8.71. The van der Waals surface area contributed by atoms with Crippen molar-refractivity contribution in [2.75, 3.05) is 11.1 Å². The molecule has 0 bridgehead atoms. The van der Waals surface area contributed by atoms with E-state index in [0.717, 1.165) is 11.1 Å². The molecule has 2 rings (SSSR count). The molecule has 2 aromatic rings. The third kappa shape index (κ3) is 4.52. The Balaban J connectivity index is 2.43. The van der Waals surface area contributed by atoms with Crippen molar-refractivity contribution in [2.45, 2.75) is 45.3 Å². The maximum Gasteiger partial charge on any atom is 0.235 e. The van der Waals surface area contributed by atoms with Crippen molar-refractivity contribution in [3.63, 3.8) is 0 Å². The Morgan fingerprint density at radius 1 is 0.962 bits per heavy atom. The number of carbonyl (C=O) groups is 1. The molecule has 1 N–H and O–H groups in total. The van der Waals surface area contributed by atoms with Crippen molar-refractivity contribution < 1.29 is 13.2 Å². The van der Waals surface area contributed by atoms with Gasteiger partial charge in [0.05, 0.1) is 16.4 Å². The van der Waals surface area contributed by atoms with Gasteiger partial charge >= 0.3 is 0 Å². The molecular weight excluding hydrogens is 346 g/mol. The minimum atomic E-state index is -3.42. The highest BCUT2D eigenvalue weighted by molar-refractivity contribution is 7.92. The van der Waals surface area contributed by atoms with Crippen molar-refractivity contribution in [1.29, 1.82) is 0 Å². The third-order valence-electron chi connectivity index (χ3n) is 4.71. The maximum absolute atomic E-state index is 13.1. The number of carbonyl (C=O) groups excluding carboxylic acids is 1. The van der Waals surface area contributed by atoms with E-state index < -0.39 is 20.5 Å². The van der Waals surface area contributed by atoms with E-state index in [1.165, 1.54) is 0 Å². The summed E-state index contributed by atoms with van der Waals surface area (Å²) in [6, 6.07) is 14.9. The van der Waals surface area contributed by atoms with Gasteiger partial charge in [0.2, 0.25) is 5.91 Å². The van der Waals surface area contributed by atoms with Crippen LogP contribution in [0.3, 0.4) is 0 Å². The highest BCUT2D eigenvalue weighted by Crippen LogP contribution is 2.29. The van der Waals surface area contributed by atoms with Crippen molar-refractivity contribution in [1.82, 2.24) is 0 Å². The van der Waals surface area contributed by atoms with Gasteiger partial charge in [0.15, 0.2) is 9.84 Å². The first-order valence-corrected chi connectivity index (χ1v) is 10.4. The lowest BCUT2D eigenvalue weighted by Crippen LogP contribution is -2.44. The molecule has 0 heterocycles. The largest absolute Gasteiger partial charge is 0.325 e. The molecule has 140 valence electrons. The Morgan fingerprint density at radius 3 is 1.88 bits per heavy atom. The molecule has 0 aliphatic carbocycles. The second kappa shape index (κ2) is 7.62. The van der Waals surface area contributed by atoms with E-state index in [1.54, 1.807) is 20.8 Å². The Labute approximate surface area is 156 Å². The van der Waals surface area contributed by atoms with E-state index in [4.69, 9.17) is 0 Å². The zero-order valence-corrected chi connectivity index (χ0v) is 16.9. The predicted molar refractivity (Wildman–Crippen MR) is 107 cm³/mol. The van der Waals surface area contributed by atoms with Crippen LogP contribution in [0.25, 0.3) is 0 Å². The highest BCUT2D eigenvalue weighted by atomic mass is 32.2. The molecule has 0 saturated heterocycles. The number of aryl methyl sites for hydroxylation is 2. The predicted octanol–water partition coefficient (Wildman–Crippen LogP) is 4.02. The molecule has 1 atom stereocenters. The number of hydrogen-bond donors (Lipinski definition) is 1. The number of nitrogens with one attached hydrogen (secondary N) is 1. The molecule has 0 aliphatic heterocycles. The molecular formula is C21H27NO3S. The summed E-state index contributed by atoms with van der Waals surface area (Å²) in [6.07, 6.45) is 0. The van der Waals surface area contributed by atoms with Crippen LogP contribution in [-0.2, 0) is 20.0 Å². The third-order valence-corrected chi connectivity index (χ3v) is 7.12. The molecule has 0 radical (unpaired) electrons. The van der Waals surface area contributed by atoms with E-state index in [0.29, 0.717) is 11.3 Å². The number of hydrogen-bond acceptors (Lipinski definition) is 3. The van der Waals surface area contributed by atoms with Crippen LogP contribution in [0.4, 0.5) is 5.69 Å². The SMILES string of the molecule is Cc1ccc(NC(=O)C(C)(CS(=O)(=O)C(C)C)c2ccc(C)cc2)cc1. The van der Waals surface area contributed by atoms with Gasteiger partial charge < -0.3 is 5.32 Å². The molecule has 1 amide bonds. The van der Waals surface area contributed by atoms with E-state index >= 15 is 0 Å². The lowest BCUT2D eigenvalue weighted by atomic mass is 9.83. The molecule has 5 heteroatoms. The van der Waals surface area contributed by atoms with Crippen LogP contribution in [0.5, 0.6) is 0 Å². The van der Waals surface area contributed by atoms with Gasteiger partial charge in [-0.25, -0.2) is 8.42 Å². The second-order valence-electron chi connectivity index (χ2n) is 7.37. The van der Waals surface area contributed by atoms with Gasteiger partial charge in [-0.2, -0.15) is 0 Å². The molecule has 26 heavy (non-hydrogen) atoms. The zero-order valence-electron chi connectivity index (χ0n) is 16.0. The summed E-state index contributed by atoms with van der Waals surface area (Å²) < 4.78 is 25.2. The van der Waals surface area contributed by atoms with Crippen LogP contribution < -0.4 is 5.32 Å². The topological polar surface area (TPSA) is 63.2 Å². The average Bonchev–Trinajstić information content (AvgIpc) is 2.56. The van der Waals surface area contributed by atoms with Crippen LogP contribution in [0.1, 0.15) is 37.5 Å². The van der Waals surface area contributed by atoms with Crippen molar-refractivity contribution in [2.24, 2.45) is 0 Å². The lowest BCUT2D eigenvalue weighted by Gasteiger charge is -2.29. The maximum atomic E-state index is 13.1. The quantitative estimate of drug-likeness (QED) is 0.832. The van der Waals surface area contributed by atoms with Crippen molar-refractivity contribution in [3.05, 3.63) is 65.2 Å². The minimum absolute atomic E-state index is 0.238. The van der Waals surface area contributed by atoms with Gasteiger partial charge in [0.1, 0.15) is 0 Å². The van der Waals surface area contributed by atoms with E-state index in [1.807, 2.05) is 62.4 Å². The molecule has 1 unspecified atom stereocenters. The summed E-state index contributed by atoms with van der Waals surface area (Å²) in [6.45, 7) is 8.91. The Kier molecular flexibility index (Phi) is 5.91. The van der Waals surface area contributed by atoms with E-state index in [-0.39, 0.29) is 11.7 Å². The Bertz CT molecular complexity index is 868. The number of benzene rings is 2. The Morgan fingerprint density at radius 2 is 1.42 bits per heavy atom. The van der Waals surface area contributed by atoms with Gasteiger partial charge in [0.25, 0.3) is 0 Å². The molecule has 2 aromatic carbocycles. The normalized spacial score (nSPS) is 14.1. The molecule has 0 fully saturated rings. The molecule has 4 nitrogen and oxygen atoms in total. The van der Waals surface area contributed by atoms with Crippen LogP contribution in [0, 0.1) is 13.8 Å². The summed E-state index contributed by atoms with van der Waals surface area (Å²) in [5.74, 6) is -0.562. The first-order chi connectivity index (χ1) is 12.0. The summed E-state index contributed by atoms with van der Waals surface area (Å²) in [5, 5.41) is 2.34. The number of sulfone groups is 1. The molecule has 0 saturated carbocycles. The van der Waals surface area contributed by atoms with Crippen molar-refractivity contribution >= 4 is 21.4 Å². The van der Waals surface area contributed by atoms with Gasteiger partial charge in [-0.15, -0.1) is 0 Å². The van der Waals surface area contributed by atoms with Crippen LogP contribution in [-0.4, -0.2) is 25.3 Å². The summed E-state index contributed by atoms with van der Waals surface area (Å²) in [7, 11) is -3.42. The van der Waals surface area contributed by atoms with Gasteiger partial charge in [-0.1, -0.05) is 47.5 Å². The fourth-order valence-corrected chi connectivity index (χ4v) is 4.11. The zero-order chi connectivity index (χ0) is 19.5. The van der Waals surface area contributed by atoms with Gasteiger partial charge in [0, 0.05) is 5.69 Å². The van der Waals surface area contributed by atoms with Crippen LogP contribution in [0.15, 0.2) is 48.5 Å².